The lowest BCUT2D eigenvalue weighted by Crippen LogP contribution is -2.43. The van der Waals surface area contributed by atoms with Crippen LogP contribution in [0.1, 0.15) is 30.0 Å². The van der Waals surface area contributed by atoms with Gasteiger partial charge in [-0.1, -0.05) is 6.07 Å². The molecule has 6 nitrogen and oxygen atoms in total. The molecule has 1 N–H and O–H groups in total. The Hall–Kier alpha value is -1.99. The molecule has 2 aromatic rings. The number of aryl methyl sites for hydroxylation is 1. The fraction of sp³-hybridized carbons (Fsp3) is 0.526. The average Bonchev–Trinajstić information content (AvgIpc) is 3.07. The first-order valence-corrected chi connectivity index (χ1v) is 10.0. The van der Waals surface area contributed by atoms with Crippen molar-refractivity contribution in [1.29, 1.82) is 0 Å². The largest absolute Gasteiger partial charge is 0.324 e. The number of aromatic nitrogens is 2. The van der Waals surface area contributed by atoms with Crippen LogP contribution in [0.15, 0.2) is 29.8 Å². The lowest BCUT2D eigenvalue weighted by Gasteiger charge is -2.34. The lowest BCUT2D eigenvalue weighted by atomic mass is 9.92. The lowest BCUT2D eigenvalue weighted by molar-refractivity contribution is 0.156. The Balaban J connectivity index is 1.28. The number of urea groups is 1. The molecule has 1 saturated heterocycles. The highest BCUT2D eigenvalue weighted by Gasteiger charge is 2.56. The third kappa shape index (κ3) is 3.59. The van der Waals surface area contributed by atoms with E-state index >= 15 is 0 Å². The van der Waals surface area contributed by atoms with Gasteiger partial charge in [-0.2, -0.15) is 0 Å². The number of carbonyl (C=O) groups is 1. The zero-order chi connectivity index (χ0) is 18.1. The molecule has 2 fully saturated rings. The summed E-state index contributed by atoms with van der Waals surface area (Å²) in [6, 6.07) is 6.26. The summed E-state index contributed by atoms with van der Waals surface area (Å²) in [5.74, 6) is 0.628. The fourth-order valence-corrected chi connectivity index (χ4v) is 4.78. The highest BCUT2D eigenvalue weighted by atomic mass is 32.1. The zero-order valence-electron chi connectivity index (χ0n) is 15.3. The Labute approximate surface area is 158 Å². The molecule has 1 atom stereocenters. The van der Waals surface area contributed by atoms with Crippen molar-refractivity contribution >= 4 is 23.2 Å². The molecule has 2 amide bonds. The van der Waals surface area contributed by atoms with Gasteiger partial charge in [0, 0.05) is 36.4 Å². The van der Waals surface area contributed by atoms with Crippen molar-refractivity contribution in [2.45, 2.75) is 38.8 Å². The SMILES string of the molecule is Cc1cccc(NC(=O)N2CCC3(CC2)C[C@@H]3N(C)Cc2nccs2)n1. The Morgan fingerprint density at radius 3 is 2.92 bits per heavy atom. The van der Waals surface area contributed by atoms with Crippen molar-refractivity contribution in [1.82, 2.24) is 19.8 Å². The smallest absolute Gasteiger partial charge is 0.323 e. The molecule has 1 spiro atoms. The van der Waals surface area contributed by atoms with Gasteiger partial charge >= 0.3 is 6.03 Å². The van der Waals surface area contributed by atoms with Gasteiger partial charge in [0.05, 0.1) is 6.54 Å². The van der Waals surface area contributed by atoms with E-state index in [0.717, 1.165) is 38.2 Å². The number of piperidine rings is 1. The number of anilines is 1. The van der Waals surface area contributed by atoms with E-state index in [-0.39, 0.29) is 6.03 Å². The van der Waals surface area contributed by atoms with Gasteiger partial charge in [0.1, 0.15) is 10.8 Å². The van der Waals surface area contributed by atoms with Crippen LogP contribution in [0, 0.1) is 12.3 Å². The molecular formula is C19H25N5OS. The number of nitrogens with zero attached hydrogens (tertiary/aromatic N) is 4. The number of likely N-dealkylation sites (tertiary alicyclic amines) is 1. The molecule has 1 aliphatic heterocycles. The van der Waals surface area contributed by atoms with E-state index in [1.807, 2.05) is 41.6 Å². The highest BCUT2D eigenvalue weighted by molar-refractivity contribution is 7.09. The molecule has 138 valence electrons. The number of hydrogen-bond acceptors (Lipinski definition) is 5. The summed E-state index contributed by atoms with van der Waals surface area (Å²) in [5.41, 5.74) is 1.30. The van der Waals surface area contributed by atoms with E-state index in [1.165, 1.54) is 11.4 Å². The van der Waals surface area contributed by atoms with Gasteiger partial charge < -0.3 is 4.90 Å². The molecule has 2 aromatic heterocycles. The summed E-state index contributed by atoms with van der Waals surface area (Å²) in [6.07, 6.45) is 5.27. The van der Waals surface area contributed by atoms with E-state index in [4.69, 9.17) is 0 Å². The number of hydrogen-bond donors (Lipinski definition) is 1. The van der Waals surface area contributed by atoms with Crippen molar-refractivity contribution in [2.75, 3.05) is 25.5 Å². The van der Waals surface area contributed by atoms with E-state index < -0.39 is 0 Å². The van der Waals surface area contributed by atoms with Gasteiger partial charge in [0.25, 0.3) is 0 Å². The van der Waals surface area contributed by atoms with E-state index in [1.54, 1.807) is 11.3 Å². The molecular weight excluding hydrogens is 346 g/mol. The van der Waals surface area contributed by atoms with Gasteiger partial charge in [-0.15, -0.1) is 11.3 Å². The third-order valence-electron chi connectivity index (χ3n) is 5.72. The summed E-state index contributed by atoms with van der Waals surface area (Å²) >= 11 is 1.72. The van der Waals surface area contributed by atoms with Crippen LogP contribution in [-0.2, 0) is 6.54 Å². The summed E-state index contributed by atoms with van der Waals surface area (Å²) < 4.78 is 0. The maximum Gasteiger partial charge on any atom is 0.323 e. The Bertz CT molecular complexity index is 770. The normalized spacial score (nSPS) is 21.2. The fourth-order valence-electron chi connectivity index (χ4n) is 4.10. The van der Waals surface area contributed by atoms with Crippen molar-refractivity contribution in [2.24, 2.45) is 5.41 Å². The minimum atomic E-state index is -0.0358. The van der Waals surface area contributed by atoms with Gasteiger partial charge in [-0.25, -0.2) is 14.8 Å². The van der Waals surface area contributed by atoms with E-state index in [2.05, 4.69) is 27.2 Å². The number of pyridine rings is 1. The Morgan fingerprint density at radius 2 is 2.23 bits per heavy atom. The summed E-state index contributed by atoms with van der Waals surface area (Å²) in [6.45, 7) is 4.49. The van der Waals surface area contributed by atoms with Crippen molar-refractivity contribution in [3.05, 3.63) is 40.5 Å². The number of amides is 2. The van der Waals surface area contributed by atoms with Crippen LogP contribution in [0.3, 0.4) is 0 Å². The molecule has 1 saturated carbocycles. The minimum absolute atomic E-state index is 0.0358. The monoisotopic (exact) mass is 371 g/mol. The minimum Gasteiger partial charge on any atom is -0.324 e. The zero-order valence-corrected chi connectivity index (χ0v) is 16.1. The Kier molecular flexibility index (Phi) is 4.67. The van der Waals surface area contributed by atoms with Crippen molar-refractivity contribution < 1.29 is 4.79 Å². The molecule has 3 heterocycles. The van der Waals surface area contributed by atoms with Gasteiger partial charge in [-0.05, 0) is 50.8 Å². The second-order valence-corrected chi connectivity index (χ2v) is 8.48. The molecule has 2 aliphatic rings. The van der Waals surface area contributed by atoms with Crippen molar-refractivity contribution in [3.63, 3.8) is 0 Å². The van der Waals surface area contributed by atoms with Crippen molar-refractivity contribution in [3.8, 4) is 0 Å². The van der Waals surface area contributed by atoms with Crippen LogP contribution in [0.25, 0.3) is 0 Å². The first-order chi connectivity index (χ1) is 12.6. The van der Waals surface area contributed by atoms with Gasteiger partial charge in [0.2, 0.25) is 0 Å². The molecule has 1 aliphatic carbocycles. The van der Waals surface area contributed by atoms with Crippen LogP contribution in [0.4, 0.5) is 10.6 Å². The molecule has 0 aromatic carbocycles. The van der Waals surface area contributed by atoms with E-state index in [0.29, 0.717) is 17.3 Å². The molecule has 0 unspecified atom stereocenters. The van der Waals surface area contributed by atoms with E-state index in [9.17, 15) is 4.79 Å². The molecule has 4 rings (SSSR count). The summed E-state index contributed by atoms with van der Waals surface area (Å²) in [5, 5.41) is 6.13. The number of thiazole rings is 1. The van der Waals surface area contributed by atoms with Crippen LogP contribution in [-0.4, -0.2) is 52.0 Å². The molecule has 0 radical (unpaired) electrons. The number of nitrogens with one attached hydrogen (secondary N) is 1. The molecule has 0 bridgehead atoms. The van der Waals surface area contributed by atoms with Gasteiger partial charge in [0.15, 0.2) is 0 Å². The maximum absolute atomic E-state index is 12.5. The Morgan fingerprint density at radius 1 is 1.42 bits per heavy atom. The highest BCUT2D eigenvalue weighted by Crippen LogP contribution is 2.56. The topological polar surface area (TPSA) is 61.4 Å². The standard InChI is InChI=1S/C19H25N5OS/c1-14-4-3-5-16(21-14)22-18(25)24-9-6-19(7-10-24)12-15(19)23(2)13-17-20-8-11-26-17/h3-5,8,11,15H,6-7,9-10,12-13H2,1-2H3,(H,21,22,25)/t15-/m0/s1. The van der Waals surface area contributed by atoms with Crippen LogP contribution in [0.2, 0.25) is 0 Å². The quantitative estimate of drug-likeness (QED) is 0.895. The van der Waals surface area contributed by atoms with Gasteiger partial charge in [-0.3, -0.25) is 10.2 Å². The second-order valence-electron chi connectivity index (χ2n) is 7.50. The van der Waals surface area contributed by atoms with Crippen LogP contribution >= 0.6 is 11.3 Å². The first-order valence-electron chi connectivity index (χ1n) is 9.14. The molecule has 26 heavy (non-hydrogen) atoms. The average molecular weight is 372 g/mol. The summed E-state index contributed by atoms with van der Waals surface area (Å²) in [4.78, 5) is 25.6. The molecule has 7 heteroatoms. The number of carbonyl (C=O) groups excluding carboxylic acids is 1. The second kappa shape index (κ2) is 6.96. The number of rotatable bonds is 4. The van der Waals surface area contributed by atoms with Crippen LogP contribution in [0.5, 0.6) is 0 Å². The maximum atomic E-state index is 12.5. The predicted molar refractivity (Wildman–Crippen MR) is 103 cm³/mol. The van der Waals surface area contributed by atoms with Crippen LogP contribution < -0.4 is 5.32 Å². The first kappa shape index (κ1) is 17.4. The predicted octanol–water partition coefficient (Wildman–Crippen LogP) is 3.36. The summed E-state index contributed by atoms with van der Waals surface area (Å²) in [7, 11) is 2.20. The third-order valence-corrected chi connectivity index (χ3v) is 6.48.